The zero-order valence-corrected chi connectivity index (χ0v) is 11.4. The molecule has 0 saturated carbocycles. The van der Waals surface area contributed by atoms with Gasteiger partial charge < -0.3 is 4.42 Å². The molecule has 0 amide bonds. The van der Waals surface area contributed by atoms with Crippen molar-refractivity contribution >= 4 is 27.2 Å². The van der Waals surface area contributed by atoms with Crippen molar-refractivity contribution in [2.45, 2.75) is 4.90 Å². The molecular formula is C14H12N2O3S. The van der Waals surface area contributed by atoms with Crippen molar-refractivity contribution in [1.82, 2.24) is 4.31 Å². The standard InChI is InChI=1S/C14H12N2O3S/c17-20(18,16-8-11-6-15-7-12(11)9-16)13-1-2-14-10(5-13)3-4-19-14/h1-6H,7-9H2. The third-order valence-corrected chi connectivity index (χ3v) is 5.55. The zero-order chi connectivity index (χ0) is 13.7. The van der Waals surface area contributed by atoms with E-state index in [0.29, 0.717) is 30.1 Å². The monoisotopic (exact) mass is 288 g/mol. The van der Waals surface area contributed by atoms with Crippen molar-refractivity contribution in [2.75, 3.05) is 19.6 Å². The highest BCUT2D eigenvalue weighted by molar-refractivity contribution is 7.89. The van der Waals surface area contributed by atoms with Gasteiger partial charge >= 0.3 is 0 Å². The summed E-state index contributed by atoms with van der Waals surface area (Å²) in [6.45, 7) is 1.49. The van der Waals surface area contributed by atoms with E-state index in [1.54, 1.807) is 36.7 Å². The molecule has 1 aromatic heterocycles. The van der Waals surface area contributed by atoms with Crippen molar-refractivity contribution in [3.05, 3.63) is 41.7 Å². The molecule has 2 aromatic rings. The molecule has 0 atom stereocenters. The normalized spacial score (nSPS) is 19.2. The minimum atomic E-state index is -3.46. The first-order chi connectivity index (χ1) is 9.64. The van der Waals surface area contributed by atoms with E-state index in [0.717, 1.165) is 16.5 Å². The fraction of sp³-hybridized carbons (Fsp3) is 0.214. The summed E-state index contributed by atoms with van der Waals surface area (Å²) in [5.74, 6) is 0. The van der Waals surface area contributed by atoms with Gasteiger partial charge in [-0.2, -0.15) is 4.31 Å². The lowest BCUT2D eigenvalue weighted by Crippen LogP contribution is -2.30. The van der Waals surface area contributed by atoms with Crippen LogP contribution in [0.1, 0.15) is 0 Å². The molecular weight excluding hydrogens is 276 g/mol. The number of nitrogens with zero attached hydrogens (tertiary/aromatic N) is 2. The summed E-state index contributed by atoms with van der Waals surface area (Å²) >= 11 is 0. The van der Waals surface area contributed by atoms with Gasteiger partial charge in [-0.3, -0.25) is 4.99 Å². The van der Waals surface area contributed by atoms with E-state index < -0.39 is 10.0 Å². The highest BCUT2D eigenvalue weighted by Crippen LogP contribution is 2.28. The van der Waals surface area contributed by atoms with Gasteiger partial charge in [0.25, 0.3) is 0 Å². The highest BCUT2D eigenvalue weighted by Gasteiger charge is 2.32. The molecule has 20 heavy (non-hydrogen) atoms. The van der Waals surface area contributed by atoms with Crippen LogP contribution < -0.4 is 0 Å². The van der Waals surface area contributed by atoms with Crippen LogP contribution in [-0.4, -0.2) is 38.6 Å². The summed E-state index contributed by atoms with van der Waals surface area (Å²) in [5.41, 5.74) is 2.84. The Kier molecular flexibility index (Phi) is 2.40. The second-order valence-electron chi connectivity index (χ2n) is 4.99. The van der Waals surface area contributed by atoms with E-state index in [2.05, 4.69) is 4.99 Å². The molecule has 2 aliphatic rings. The quantitative estimate of drug-likeness (QED) is 0.846. The van der Waals surface area contributed by atoms with Crippen LogP contribution in [0, 0.1) is 0 Å². The Balaban J connectivity index is 1.71. The van der Waals surface area contributed by atoms with Gasteiger partial charge in [-0.05, 0) is 35.4 Å². The average molecular weight is 288 g/mol. The third kappa shape index (κ3) is 1.65. The summed E-state index contributed by atoms with van der Waals surface area (Å²) in [7, 11) is -3.46. The molecule has 102 valence electrons. The summed E-state index contributed by atoms with van der Waals surface area (Å²) in [6.07, 6.45) is 3.34. The zero-order valence-electron chi connectivity index (χ0n) is 10.6. The maximum atomic E-state index is 12.7. The van der Waals surface area contributed by atoms with Gasteiger partial charge in [0.1, 0.15) is 5.58 Å². The topological polar surface area (TPSA) is 62.9 Å². The first kappa shape index (κ1) is 11.9. The fourth-order valence-electron chi connectivity index (χ4n) is 2.65. The smallest absolute Gasteiger partial charge is 0.243 e. The van der Waals surface area contributed by atoms with Crippen LogP contribution in [0.4, 0.5) is 0 Å². The second-order valence-corrected chi connectivity index (χ2v) is 6.93. The molecule has 5 nitrogen and oxygen atoms in total. The van der Waals surface area contributed by atoms with E-state index in [4.69, 9.17) is 4.42 Å². The molecule has 0 bridgehead atoms. The van der Waals surface area contributed by atoms with E-state index in [1.165, 1.54) is 4.31 Å². The van der Waals surface area contributed by atoms with Gasteiger partial charge in [0, 0.05) is 24.7 Å². The number of aliphatic imine (C=N–C) groups is 1. The van der Waals surface area contributed by atoms with Crippen molar-refractivity contribution in [3.63, 3.8) is 0 Å². The number of rotatable bonds is 2. The van der Waals surface area contributed by atoms with Gasteiger partial charge in [-0.1, -0.05) is 0 Å². The Morgan fingerprint density at radius 1 is 1.20 bits per heavy atom. The van der Waals surface area contributed by atoms with E-state index in [9.17, 15) is 8.42 Å². The van der Waals surface area contributed by atoms with Crippen molar-refractivity contribution < 1.29 is 12.8 Å². The second kappa shape index (κ2) is 4.04. The first-order valence-electron chi connectivity index (χ1n) is 6.33. The molecule has 4 rings (SSSR count). The minimum Gasteiger partial charge on any atom is -0.464 e. The molecule has 1 aromatic carbocycles. The van der Waals surface area contributed by atoms with Crippen molar-refractivity contribution in [3.8, 4) is 0 Å². The summed E-state index contributed by atoms with van der Waals surface area (Å²) < 4.78 is 32.1. The van der Waals surface area contributed by atoms with Crippen LogP contribution in [0.5, 0.6) is 0 Å². The van der Waals surface area contributed by atoms with Crippen LogP contribution >= 0.6 is 0 Å². The van der Waals surface area contributed by atoms with Gasteiger partial charge in [0.2, 0.25) is 10.0 Å². The van der Waals surface area contributed by atoms with Gasteiger partial charge in [-0.25, -0.2) is 8.42 Å². The fourth-order valence-corrected chi connectivity index (χ4v) is 4.09. The number of hydrogen-bond acceptors (Lipinski definition) is 4. The van der Waals surface area contributed by atoms with E-state index in [1.807, 2.05) is 0 Å². The predicted molar refractivity (Wildman–Crippen MR) is 75.4 cm³/mol. The number of benzene rings is 1. The Labute approximate surface area is 116 Å². The summed E-state index contributed by atoms with van der Waals surface area (Å²) in [5, 5.41) is 0.798. The maximum absolute atomic E-state index is 12.7. The molecule has 0 unspecified atom stereocenters. The van der Waals surface area contributed by atoms with Crippen LogP contribution in [0.2, 0.25) is 0 Å². The lowest BCUT2D eigenvalue weighted by Gasteiger charge is -2.17. The van der Waals surface area contributed by atoms with E-state index in [-0.39, 0.29) is 0 Å². The molecule has 3 heterocycles. The van der Waals surface area contributed by atoms with Crippen molar-refractivity contribution in [2.24, 2.45) is 4.99 Å². The van der Waals surface area contributed by atoms with Gasteiger partial charge in [0.05, 0.1) is 17.7 Å². The molecule has 6 heteroatoms. The molecule has 0 spiro atoms. The number of furan rings is 1. The third-order valence-electron chi connectivity index (χ3n) is 3.76. The van der Waals surface area contributed by atoms with Gasteiger partial charge in [-0.15, -0.1) is 0 Å². The van der Waals surface area contributed by atoms with Crippen LogP contribution in [0.25, 0.3) is 11.0 Å². The number of fused-ring (bicyclic) bond motifs is 1. The summed E-state index contributed by atoms with van der Waals surface area (Å²) in [6, 6.07) is 6.72. The highest BCUT2D eigenvalue weighted by atomic mass is 32.2. The molecule has 0 aliphatic carbocycles. The Morgan fingerprint density at radius 2 is 2.10 bits per heavy atom. The maximum Gasteiger partial charge on any atom is 0.243 e. The Hall–Kier alpha value is -1.92. The first-order valence-corrected chi connectivity index (χ1v) is 7.77. The molecule has 0 fully saturated rings. The van der Waals surface area contributed by atoms with Crippen LogP contribution in [0.3, 0.4) is 0 Å². The van der Waals surface area contributed by atoms with Crippen LogP contribution in [-0.2, 0) is 10.0 Å². The van der Waals surface area contributed by atoms with Crippen molar-refractivity contribution in [1.29, 1.82) is 0 Å². The largest absolute Gasteiger partial charge is 0.464 e. The van der Waals surface area contributed by atoms with Gasteiger partial charge in [0.15, 0.2) is 0 Å². The Morgan fingerprint density at radius 3 is 2.95 bits per heavy atom. The molecule has 0 radical (unpaired) electrons. The lowest BCUT2D eigenvalue weighted by molar-refractivity contribution is 0.481. The summed E-state index contributed by atoms with van der Waals surface area (Å²) in [4.78, 5) is 4.47. The molecule has 0 saturated heterocycles. The van der Waals surface area contributed by atoms with E-state index >= 15 is 0 Å². The molecule has 2 aliphatic heterocycles. The molecule has 0 N–H and O–H groups in total. The SMILES string of the molecule is O=S(=O)(c1ccc2occc2c1)N1CC2=C(CN=C2)C1. The Bertz CT molecular complexity index is 861. The average Bonchev–Trinajstić information content (AvgIpc) is 3.12. The number of hydrogen-bond donors (Lipinski definition) is 0. The van der Waals surface area contributed by atoms with Crippen LogP contribution in [0.15, 0.2) is 56.0 Å². The lowest BCUT2D eigenvalue weighted by atomic mass is 10.2. The minimum absolute atomic E-state index is 0.310. The predicted octanol–water partition coefficient (Wildman–Crippen LogP) is 1.82. The number of sulfonamides is 1.